The Balaban J connectivity index is 0.00000120. The topological polar surface area (TPSA) is 50.4 Å². The van der Waals surface area contributed by atoms with E-state index in [9.17, 15) is 0 Å². The van der Waals surface area contributed by atoms with Gasteiger partial charge in [0.1, 0.15) is 5.84 Å². The Bertz CT molecular complexity index is 620. The second-order valence-corrected chi connectivity index (χ2v) is 4.19. The highest BCUT2D eigenvalue weighted by molar-refractivity contribution is 6.06. The summed E-state index contributed by atoms with van der Waals surface area (Å²) in [6.45, 7) is 2.06. The van der Waals surface area contributed by atoms with Gasteiger partial charge in [0, 0.05) is 11.3 Å². The molecule has 0 saturated heterocycles. The van der Waals surface area contributed by atoms with Crippen molar-refractivity contribution in [3.05, 3.63) is 53.6 Å². The number of hydrogen-bond acceptors (Lipinski definition) is 3. The Morgan fingerprint density at radius 3 is 2.67 bits per heavy atom. The highest BCUT2D eigenvalue weighted by Gasteiger charge is 2.13. The van der Waals surface area contributed by atoms with Crippen molar-refractivity contribution in [2.24, 2.45) is 10.7 Å². The summed E-state index contributed by atoms with van der Waals surface area (Å²) in [6.07, 6.45) is 0. The maximum Gasteiger partial charge on any atom is 0.133 e. The van der Waals surface area contributed by atoms with Gasteiger partial charge in [0.05, 0.1) is 11.4 Å². The second-order valence-electron chi connectivity index (χ2n) is 4.19. The Labute approximate surface area is 112 Å². The van der Waals surface area contributed by atoms with E-state index in [0.717, 1.165) is 22.6 Å². The smallest absolute Gasteiger partial charge is 0.133 e. The molecular formula is C14H14ClN3. The minimum atomic E-state index is 0. The van der Waals surface area contributed by atoms with E-state index in [1.807, 2.05) is 36.4 Å². The zero-order valence-corrected chi connectivity index (χ0v) is 10.8. The first kappa shape index (κ1) is 12.5. The van der Waals surface area contributed by atoms with Crippen LogP contribution in [0.2, 0.25) is 0 Å². The van der Waals surface area contributed by atoms with Crippen molar-refractivity contribution in [1.82, 2.24) is 0 Å². The third kappa shape index (κ3) is 2.05. The maximum atomic E-state index is 6.02. The molecule has 92 valence electrons. The normalized spacial score (nSPS) is 12.2. The lowest BCUT2D eigenvalue weighted by Gasteiger charge is -2.09. The van der Waals surface area contributed by atoms with Gasteiger partial charge < -0.3 is 11.1 Å². The van der Waals surface area contributed by atoms with Gasteiger partial charge in [-0.2, -0.15) is 0 Å². The molecule has 1 aliphatic heterocycles. The van der Waals surface area contributed by atoms with Crippen LogP contribution < -0.4 is 11.1 Å². The molecule has 0 aliphatic carbocycles. The van der Waals surface area contributed by atoms with Gasteiger partial charge in [-0.05, 0) is 36.8 Å². The quantitative estimate of drug-likeness (QED) is 0.761. The molecule has 1 heterocycles. The number of amidine groups is 1. The summed E-state index contributed by atoms with van der Waals surface area (Å²) < 4.78 is 0. The fourth-order valence-electron chi connectivity index (χ4n) is 2.00. The Morgan fingerprint density at radius 1 is 1.06 bits per heavy atom. The van der Waals surface area contributed by atoms with Crippen LogP contribution in [0.25, 0.3) is 0 Å². The monoisotopic (exact) mass is 259 g/mol. The Kier molecular flexibility index (Phi) is 3.26. The van der Waals surface area contributed by atoms with Crippen LogP contribution in [0.3, 0.4) is 0 Å². The first-order valence-corrected chi connectivity index (χ1v) is 5.55. The number of rotatable bonds is 0. The Hall–Kier alpha value is -2.00. The van der Waals surface area contributed by atoms with Crippen LogP contribution in [0, 0.1) is 6.92 Å². The fourth-order valence-corrected chi connectivity index (χ4v) is 2.00. The number of aliphatic imine (C=N–C) groups is 1. The van der Waals surface area contributed by atoms with E-state index < -0.39 is 0 Å². The average Bonchev–Trinajstić information content (AvgIpc) is 2.44. The predicted octanol–water partition coefficient (Wildman–Crippen LogP) is 3.51. The van der Waals surface area contributed by atoms with Crippen LogP contribution in [0.1, 0.15) is 11.1 Å². The van der Waals surface area contributed by atoms with E-state index >= 15 is 0 Å². The van der Waals surface area contributed by atoms with Gasteiger partial charge in [-0.3, -0.25) is 0 Å². The van der Waals surface area contributed by atoms with E-state index in [-0.39, 0.29) is 12.4 Å². The molecule has 0 amide bonds. The lowest BCUT2D eigenvalue weighted by Crippen LogP contribution is -2.13. The summed E-state index contributed by atoms with van der Waals surface area (Å²) in [5.41, 5.74) is 11.0. The summed E-state index contributed by atoms with van der Waals surface area (Å²) in [6, 6.07) is 14.0. The predicted molar refractivity (Wildman–Crippen MR) is 78.5 cm³/mol. The molecule has 0 fully saturated rings. The van der Waals surface area contributed by atoms with Crippen LogP contribution in [0.4, 0.5) is 17.1 Å². The number of anilines is 2. The molecule has 0 radical (unpaired) electrons. The minimum absolute atomic E-state index is 0. The number of para-hydroxylation sites is 2. The van der Waals surface area contributed by atoms with Crippen LogP contribution in [0.5, 0.6) is 0 Å². The molecule has 3 rings (SSSR count). The van der Waals surface area contributed by atoms with Crippen molar-refractivity contribution in [3.8, 4) is 0 Å². The van der Waals surface area contributed by atoms with E-state index in [0.29, 0.717) is 5.84 Å². The molecule has 0 saturated carbocycles. The third-order valence-electron chi connectivity index (χ3n) is 2.87. The molecule has 4 heteroatoms. The van der Waals surface area contributed by atoms with E-state index in [4.69, 9.17) is 5.73 Å². The molecule has 18 heavy (non-hydrogen) atoms. The largest absolute Gasteiger partial charge is 0.383 e. The van der Waals surface area contributed by atoms with Gasteiger partial charge >= 0.3 is 0 Å². The molecule has 0 aromatic heterocycles. The second kappa shape index (κ2) is 4.70. The van der Waals surface area contributed by atoms with Crippen molar-refractivity contribution < 1.29 is 0 Å². The van der Waals surface area contributed by atoms with Gasteiger partial charge in [0.25, 0.3) is 0 Å². The molecule has 1 aliphatic rings. The van der Waals surface area contributed by atoms with E-state index in [1.54, 1.807) is 0 Å². The number of nitrogens with one attached hydrogen (secondary N) is 1. The van der Waals surface area contributed by atoms with Gasteiger partial charge in [-0.1, -0.05) is 18.2 Å². The van der Waals surface area contributed by atoms with Crippen LogP contribution in [0.15, 0.2) is 47.5 Å². The molecule has 3 nitrogen and oxygen atoms in total. The van der Waals surface area contributed by atoms with Gasteiger partial charge in [0.15, 0.2) is 0 Å². The molecule has 0 unspecified atom stereocenters. The summed E-state index contributed by atoms with van der Waals surface area (Å²) in [7, 11) is 0. The number of benzene rings is 2. The van der Waals surface area contributed by atoms with Crippen molar-refractivity contribution in [2.75, 3.05) is 5.32 Å². The SMILES string of the molecule is Cc1ccc2c(c1)Nc1ccccc1N=C2N.Cl. The number of hydrogen-bond donors (Lipinski definition) is 2. The summed E-state index contributed by atoms with van der Waals surface area (Å²) >= 11 is 0. The molecule has 0 atom stereocenters. The zero-order chi connectivity index (χ0) is 11.8. The molecule has 0 spiro atoms. The lowest BCUT2D eigenvalue weighted by atomic mass is 10.1. The van der Waals surface area contributed by atoms with Crippen molar-refractivity contribution in [1.29, 1.82) is 0 Å². The minimum Gasteiger partial charge on any atom is -0.383 e. The van der Waals surface area contributed by atoms with Crippen LogP contribution >= 0.6 is 12.4 Å². The molecule has 3 N–H and O–H groups in total. The van der Waals surface area contributed by atoms with Crippen molar-refractivity contribution >= 4 is 35.3 Å². The lowest BCUT2D eigenvalue weighted by molar-refractivity contribution is 1.44. The zero-order valence-electron chi connectivity index (χ0n) is 9.97. The third-order valence-corrected chi connectivity index (χ3v) is 2.87. The summed E-state index contributed by atoms with van der Waals surface area (Å²) in [4.78, 5) is 4.44. The fraction of sp³-hybridized carbons (Fsp3) is 0.0714. The van der Waals surface area contributed by atoms with Gasteiger partial charge in [0.2, 0.25) is 0 Å². The standard InChI is InChI=1S/C14H13N3.ClH/c1-9-6-7-10-13(8-9)16-11-4-2-3-5-12(11)17-14(10)15;/h2-8,16H,1H3,(H2,15,17);1H. The first-order chi connectivity index (χ1) is 8.24. The van der Waals surface area contributed by atoms with E-state index in [2.05, 4.69) is 23.3 Å². The molecule has 2 aromatic carbocycles. The average molecular weight is 260 g/mol. The van der Waals surface area contributed by atoms with Crippen molar-refractivity contribution in [2.45, 2.75) is 6.92 Å². The molecule has 0 bridgehead atoms. The van der Waals surface area contributed by atoms with Crippen LogP contribution in [-0.2, 0) is 0 Å². The van der Waals surface area contributed by atoms with Gasteiger partial charge in [-0.15, -0.1) is 12.4 Å². The van der Waals surface area contributed by atoms with Crippen molar-refractivity contribution in [3.63, 3.8) is 0 Å². The highest BCUT2D eigenvalue weighted by atomic mass is 35.5. The van der Waals surface area contributed by atoms with Gasteiger partial charge in [-0.25, -0.2) is 4.99 Å². The Morgan fingerprint density at radius 2 is 1.83 bits per heavy atom. The number of fused-ring (bicyclic) bond motifs is 2. The number of halogens is 1. The number of aryl methyl sites for hydroxylation is 1. The van der Waals surface area contributed by atoms with Crippen LogP contribution in [-0.4, -0.2) is 5.84 Å². The van der Waals surface area contributed by atoms with E-state index in [1.165, 1.54) is 5.56 Å². The molecule has 2 aromatic rings. The summed E-state index contributed by atoms with van der Waals surface area (Å²) in [5.74, 6) is 0.553. The maximum absolute atomic E-state index is 6.02. The first-order valence-electron chi connectivity index (χ1n) is 5.55. The molecular weight excluding hydrogens is 246 g/mol. The number of nitrogens with zero attached hydrogens (tertiary/aromatic N) is 1. The summed E-state index contributed by atoms with van der Waals surface area (Å²) in [5, 5.41) is 3.38. The highest BCUT2D eigenvalue weighted by Crippen LogP contribution is 2.33. The number of nitrogens with two attached hydrogens (primary N) is 1.